The Kier molecular flexibility index (Phi) is 7.12. The largest absolute Gasteiger partial charge is 0.493 e. The van der Waals surface area contributed by atoms with Crippen LogP contribution in [0, 0.1) is 0 Å². The summed E-state index contributed by atoms with van der Waals surface area (Å²) in [6, 6.07) is 13.6. The second-order valence-electron chi connectivity index (χ2n) is 6.78. The first kappa shape index (κ1) is 22.1. The predicted molar refractivity (Wildman–Crippen MR) is 109 cm³/mol. The molecule has 31 heavy (non-hydrogen) atoms. The van der Waals surface area contributed by atoms with E-state index < -0.39 is 11.7 Å². The second-order valence-corrected chi connectivity index (χ2v) is 6.78. The van der Waals surface area contributed by atoms with E-state index >= 15 is 0 Å². The van der Waals surface area contributed by atoms with Crippen LogP contribution in [0.25, 0.3) is 0 Å². The molecule has 1 aromatic heterocycles. The van der Waals surface area contributed by atoms with Crippen molar-refractivity contribution in [2.75, 3.05) is 7.11 Å². The summed E-state index contributed by atoms with van der Waals surface area (Å²) in [4.78, 5) is 16.1. The van der Waals surface area contributed by atoms with Gasteiger partial charge in [0.05, 0.1) is 19.1 Å². The zero-order valence-electron chi connectivity index (χ0n) is 16.8. The van der Waals surface area contributed by atoms with E-state index in [2.05, 4.69) is 10.3 Å². The number of methoxy groups -OCH3 is 1. The van der Waals surface area contributed by atoms with Gasteiger partial charge >= 0.3 is 6.18 Å². The zero-order valence-corrected chi connectivity index (χ0v) is 16.8. The summed E-state index contributed by atoms with van der Waals surface area (Å²) < 4.78 is 49.0. The molecular formula is C23H21F3N2O3. The van der Waals surface area contributed by atoms with E-state index in [1.807, 2.05) is 18.2 Å². The van der Waals surface area contributed by atoms with Gasteiger partial charge in [-0.3, -0.25) is 9.78 Å². The fraction of sp³-hybridized carbons (Fsp3) is 0.217. The summed E-state index contributed by atoms with van der Waals surface area (Å²) in [5.74, 6) is 0.805. The lowest BCUT2D eigenvalue weighted by Gasteiger charge is -2.13. The number of alkyl halides is 3. The second kappa shape index (κ2) is 9.97. The van der Waals surface area contributed by atoms with E-state index in [0.717, 1.165) is 23.3 Å². The van der Waals surface area contributed by atoms with Crippen LogP contribution in [-0.4, -0.2) is 18.0 Å². The lowest BCUT2D eigenvalue weighted by atomic mass is 10.1. The van der Waals surface area contributed by atoms with Crippen LogP contribution in [-0.2, 0) is 30.5 Å². The molecule has 0 aliphatic carbocycles. The summed E-state index contributed by atoms with van der Waals surface area (Å²) in [5.41, 5.74) is 1.53. The van der Waals surface area contributed by atoms with Gasteiger partial charge in [0.25, 0.3) is 0 Å². The molecule has 0 saturated heterocycles. The molecule has 3 rings (SSSR count). The molecule has 0 fully saturated rings. The minimum atomic E-state index is -4.39. The normalized spacial score (nSPS) is 11.1. The van der Waals surface area contributed by atoms with E-state index in [-0.39, 0.29) is 18.9 Å². The van der Waals surface area contributed by atoms with Crippen LogP contribution in [0.3, 0.4) is 0 Å². The van der Waals surface area contributed by atoms with Gasteiger partial charge in [-0.25, -0.2) is 0 Å². The van der Waals surface area contributed by atoms with Crippen molar-refractivity contribution in [1.29, 1.82) is 0 Å². The number of hydrogen-bond donors (Lipinski definition) is 1. The fourth-order valence-electron chi connectivity index (χ4n) is 2.84. The quantitative estimate of drug-likeness (QED) is 0.570. The van der Waals surface area contributed by atoms with Crippen molar-refractivity contribution >= 4 is 5.91 Å². The Morgan fingerprint density at radius 1 is 0.935 bits per heavy atom. The molecule has 8 heteroatoms. The molecule has 1 heterocycles. The lowest BCUT2D eigenvalue weighted by Crippen LogP contribution is -2.24. The van der Waals surface area contributed by atoms with Crippen molar-refractivity contribution in [3.8, 4) is 11.5 Å². The third-order valence-electron chi connectivity index (χ3n) is 4.51. The highest BCUT2D eigenvalue weighted by Crippen LogP contribution is 2.30. The number of halogens is 3. The standard InChI is InChI=1S/C23H21F3N2O3/c1-30-21-12-18(4-7-20(21)31-15-17-8-10-27-11-9-17)14-28-22(29)13-16-2-5-19(6-3-16)23(24,25)26/h2-12H,13-15H2,1H3,(H,28,29). The number of nitrogens with zero attached hydrogens (tertiary/aromatic N) is 1. The Labute approximate surface area is 177 Å². The van der Waals surface area contributed by atoms with Crippen LogP contribution in [0.15, 0.2) is 67.0 Å². The Morgan fingerprint density at radius 3 is 2.26 bits per heavy atom. The number of nitrogens with one attached hydrogen (secondary N) is 1. The van der Waals surface area contributed by atoms with Crippen molar-refractivity contribution in [2.24, 2.45) is 0 Å². The molecule has 5 nitrogen and oxygen atoms in total. The molecular weight excluding hydrogens is 409 g/mol. The van der Waals surface area contributed by atoms with E-state index in [9.17, 15) is 18.0 Å². The Hall–Kier alpha value is -3.55. The molecule has 0 aliphatic rings. The molecule has 2 aromatic carbocycles. The van der Waals surface area contributed by atoms with Gasteiger partial charge < -0.3 is 14.8 Å². The highest BCUT2D eigenvalue weighted by Gasteiger charge is 2.29. The van der Waals surface area contributed by atoms with Gasteiger partial charge in [-0.1, -0.05) is 18.2 Å². The van der Waals surface area contributed by atoms with Gasteiger partial charge in [0.1, 0.15) is 6.61 Å². The molecule has 0 spiro atoms. The number of hydrogen-bond acceptors (Lipinski definition) is 4. The fourth-order valence-corrected chi connectivity index (χ4v) is 2.84. The van der Waals surface area contributed by atoms with Gasteiger partial charge in [-0.2, -0.15) is 13.2 Å². The number of rotatable bonds is 8. The smallest absolute Gasteiger partial charge is 0.416 e. The number of amides is 1. The summed E-state index contributed by atoms with van der Waals surface area (Å²) in [7, 11) is 1.53. The monoisotopic (exact) mass is 430 g/mol. The van der Waals surface area contributed by atoms with Crippen molar-refractivity contribution < 1.29 is 27.4 Å². The topological polar surface area (TPSA) is 60.5 Å². The van der Waals surface area contributed by atoms with E-state index in [4.69, 9.17) is 9.47 Å². The van der Waals surface area contributed by atoms with Gasteiger partial charge in [0, 0.05) is 18.9 Å². The number of pyridine rings is 1. The Bertz CT molecular complexity index is 1010. The van der Waals surface area contributed by atoms with Crippen LogP contribution >= 0.6 is 0 Å². The van der Waals surface area contributed by atoms with Crippen LogP contribution < -0.4 is 14.8 Å². The number of carbonyl (C=O) groups excluding carboxylic acids is 1. The average molecular weight is 430 g/mol. The van der Waals surface area contributed by atoms with Gasteiger partial charge in [0.2, 0.25) is 5.91 Å². The summed E-state index contributed by atoms with van der Waals surface area (Å²) in [5, 5.41) is 2.76. The molecule has 1 amide bonds. The lowest BCUT2D eigenvalue weighted by molar-refractivity contribution is -0.137. The molecule has 0 radical (unpaired) electrons. The van der Waals surface area contributed by atoms with Crippen LogP contribution in [0.5, 0.6) is 11.5 Å². The van der Waals surface area contributed by atoms with Crippen LogP contribution in [0.2, 0.25) is 0 Å². The number of aromatic nitrogens is 1. The van der Waals surface area contributed by atoms with E-state index in [1.54, 1.807) is 24.5 Å². The molecule has 0 unspecified atom stereocenters. The first-order valence-corrected chi connectivity index (χ1v) is 9.46. The van der Waals surface area contributed by atoms with Gasteiger partial charge in [-0.05, 0) is 53.1 Å². The molecule has 1 N–H and O–H groups in total. The third kappa shape index (κ3) is 6.47. The van der Waals surface area contributed by atoms with E-state index in [1.165, 1.54) is 19.2 Å². The van der Waals surface area contributed by atoms with Crippen molar-refractivity contribution in [3.63, 3.8) is 0 Å². The van der Waals surface area contributed by atoms with Crippen LogP contribution in [0.1, 0.15) is 22.3 Å². The Morgan fingerprint density at radius 2 is 1.61 bits per heavy atom. The zero-order chi connectivity index (χ0) is 22.3. The third-order valence-corrected chi connectivity index (χ3v) is 4.51. The van der Waals surface area contributed by atoms with E-state index in [0.29, 0.717) is 23.7 Å². The molecule has 0 aliphatic heterocycles. The molecule has 0 atom stereocenters. The highest BCUT2D eigenvalue weighted by atomic mass is 19.4. The maximum Gasteiger partial charge on any atom is 0.416 e. The van der Waals surface area contributed by atoms with Crippen molar-refractivity contribution in [3.05, 3.63) is 89.2 Å². The van der Waals surface area contributed by atoms with Gasteiger partial charge in [0.15, 0.2) is 11.5 Å². The maximum absolute atomic E-state index is 12.6. The predicted octanol–water partition coefficient (Wildman–Crippen LogP) is 4.55. The SMILES string of the molecule is COc1cc(CNC(=O)Cc2ccc(C(F)(F)F)cc2)ccc1OCc1ccncc1. The minimum absolute atomic E-state index is 0.0115. The van der Waals surface area contributed by atoms with Crippen molar-refractivity contribution in [1.82, 2.24) is 10.3 Å². The number of ether oxygens (including phenoxy) is 2. The molecule has 3 aromatic rings. The summed E-state index contributed by atoms with van der Waals surface area (Å²) in [6.45, 7) is 0.614. The molecule has 0 bridgehead atoms. The minimum Gasteiger partial charge on any atom is -0.493 e. The molecule has 0 saturated carbocycles. The summed E-state index contributed by atoms with van der Waals surface area (Å²) in [6.07, 6.45) is -1.03. The molecule has 162 valence electrons. The maximum atomic E-state index is 12.6. The number of benzene rings is 2. The Balaban J connectivity index is 1.54. The average Bonchev–Trinajstić information content (AvgIpc) is 2.77. The first-order chi connectivity index (χ1) is 14.8. The first-order valence-electron chi connectivity index (χ1n) is 9.46. The van der Waals surface area contributed by atoms with Crippen LogP contribution in [0.4, 0.5) is 13.2 Å². The van der Waals surface area contributed by atoms with Crippen molar-refractivity contribution in [2.45, 2.75) is 25.7 Å². The van der Waals surface area contributed by atoms with Gasteiger partial charge in [-0.15, -0.1) is 0 Å². The summed E-state index contributed by atoms with van der Waals surface area (Å²) >= 11 is 0. The number of carbonyl (C=O) groups is 1. The highest BCUT2D eigenvalue weighted by molar-refractivity contribution is 5.78.